The van der Waals surface area contributed by atoms with Gasteiger partial charge < -0.3 is 9.88 Å². The molecule has 2 heterocycles. The van der Waals surface area contributed by atoms with Gasteiger partial charge in [-0.15, -0.1) is 0 Å². The average molecular weight is 420 g/mol. The maximum Gasteiger partial charge on any atom is 0.240 e. The number of aryl methyl sites for hydroxylation is 2. The minimum absolute atomic E-state index is 0.254. The molecule has 7 nitrogen and oxygen atoms in total. The van der Waals surface area contributed by atoms with Gasteiger partial charge in [-0.25, -0.2) is 23.1 Å². The third-order valence-corrected chi connectivity index (χ3v) is 6.92. The first-order valence-electron chi connectivity index (χ1n) is 9.84. The minimum Gasteiger partial charge on any atom is -0.369 e. The minimum atomic E-state index is -3.59. The lowest BCUT2D eigenvalue weighted by Gasteiger charge is -2.12. The lowest BCUT2D eigenvalue weighted by Crippen LogP contribution is -2.29. The number of hydrogen-bond donors (Lipinski definition) is 2. The molecule has 5 rings (SSSR count). The predicted octanol–water partition coefficient (Wildman–Crippen LogP) is 2.91. The van der Waals surface area contributed by atoms with E-state index in [0.717, 1.165) is 35.0 Å². The Bertz CT molecular complexity index is 1320. The van der Waals surface area contributed by atoms with Crippen LogP contribution < -0.4 is 10.0 Å². The second-order valence-corrected chi connectivity index (χ2v) is 8.97. The molecule has 2 aromatic heterocycles. The van der Waals surface area contributed by atoms with E-state index in [4.69, 9.17) is 0 Å². The van der Waals surface area contributed by atoms with Crippen molar-refractivity contribution in [3.8, 4) is 5.82 Å². The summed E-state index contributed by atoms with van der Waals surface area (Å²) in [4.78, 5) is 8.82. The zero-order chi connectivity index (χ0) is 20.6. The van der Waals surface area contributed by atoms with Gasteiger partial charge in [0, 0.05) is 31.5 Å². The van der Waals surface area contributed by atoms with Gasteiger partial charge in [-0.05, 0) is 52.9 Å². The van der Waals surface area contributed by atoms with E-state index in [2.05, 4.69) is 26.1 Å². The molecule has 0 bridgehead atoms. The number of anilines is 1. The van der Waals surface area contributed by atoms with Crippen LogP contribution in [0.25, 0.3) is 16.6 Å². The quantitative estimate of drug-likeness (QED) is 0.450. The molecule has 0 saturated heterocycles. The Labute approximate surface area is 174 Å². The second-order valence-electron chi connectivity index (χ2n) is 7.23. The number of benzene rings is 2. The van der Waals surface area contributed by atoms with Gasteiger partial charge in [-0.3, -0.25) is 0 Å². The highest BCUT2D eigenvalue weighted by Crippen LogP contribution is 2.34. The summed E-state index contributed by atoms with van der Waals surface area (Å²) in [6.45, 7) is 0.667. The Hall–Kier alpha value is -3.23. The van der Waals surface area contributed by atoms with Crippen LogP contribution >= 0.6 is 0 Å². The smallest absolute Gasteiger partial charge is 0.240 e. The largest absolute Gasteiger partial charge is 0.369 e. The molecule has 1 aliphatic rings. The summed E-state index contributed by atoms with van der Waals surface area (Å²) in [5.74, 6) is 1.38. The van der Waals surface area contributed by atoms with E-state index in [1.165, 1.54) is 11.9 Å². The maximum absolute atomic E-state index is 12.9. The summed E-state index contributed by atoms with van der Waals surface area (Å²) in [6, 6.07) is 15.4. The summed E-state index contributed by atoms with van der Waals surface area (Å²) in [7, 11) is -3.59. The molecule has 8 heteroatoms. The predicted molar refractivity (Wildman–Crippen MR) is 116 cm³/mol. The number of nitrogens with one attached hydrogen (secondary N) is 2. The van der Waals surface area contributed by atoms with Gasteiger partial charge in [-0.1, -0.05) is 24.3 Å². The molecule has 0 fully saturated rings. The monoisotopic (exact) mass is 419 g/mol. The van der Waals surface area contributed by atoms with E-state index >= 15 is 0 Å². The second kappa shape index (κ2) is 7.55. The van der Waals surface area contributed by atoms with Crippen molar-refractivity contribution >= 4 is 26.6 Å². The van der Waals surface area contributed by atoms with Crippen molar-refractivity contribution in [3.05, 3.63) is 78.4 Å². The Balaban J connectivity index is 1.27. The molecule has 0 radical (unpaired) electrons. The highest BCUT2D eigenvalue weighted by atomic mass is 32.2. The first kappa shape index (κ1) is 18.8. The Kier molecular flexibility index (Phi) is 4.72. The van der Waals surface area contributed by atoms with E-state index in [1.54, 1.807) is 6.07 Å². The van der Waals surface area contributed by atoms with E-state index in [9.17, 15) is 8.42 Å². The van der Waals surface area contributed by atoms with Crippen LogP contribution in [0.2, 0.25) is 0 Å². The topological polar surface area (TPSA) is 88.9 Å². The number of hydrogen-bond acceptors (Lipinski definition) is 5. The summed E-state index contributed by atoms with van der Waals surface area (Å²) >= 11 is 0. The fraction of sp³-hybridized carbons (Fsp3) is 0.182. The molecule has 0 atom stereocenters. The van der Waals surface area contributed by atoms with Crippen LogP contribution in [0.3, 0.4) is 0 Å². The van der Waals surface area contributed by atoms with Crippen molar-refractivity contribution in [1.29, 1.82) is 0 Å². The van der Waals surface area contributed by atoms with E-state index < -0.39 is 10.0 Å². The highest BCUT2D eigenvalue weighted by Gasteiger charge is 2.24. The lowest BCUT2D eigenvalue weighted by atomic mass is 10.1. The number of sulfonamides is 1. The van der Waals surface area contributed by atoms with Gasteiger partial charge in [0.2, 0.25) is 10.0 Å². The first-order chi connectivity index (χ1) is 14.6. The van der Waals surface area contributed by atoms with Crippen molar-refractivity contribution < 1.29 is 8.42 Å². The Morgan fingerprint density at radius 2 is 1.83 bits per heavy atom. The Morgan fingerprint density at radius 3 is 2.70 bits per heavy atom. The number of nitrogens with zero attached hydrogens (tertiary/aromatic N) is 3. The molecule has 30 heavy (non-hydrogen) atoms. The van der Waals surface area contributed by atoms with Crippen LogP contribution in [0.5, 0.6) is 0 Å². The van der Waals surface area contributed by atoms with Crippen LogP contribution in [0.15, 0.2) is 72.1 Å². The summed E-state index contributed by atoms with van der Waals surface area (Å²) in [5, 5.41) is 5.34. The van der Waals surface area contributed by atoms with Crippen LogP contribution in [0, 0.1) is 0 Å². The van der Waals surface area contributed by atoms with Crippen LogP contribution in [0.4, 0.5) is 5.82 Å². The van der Waals surface area contributed by atoms with Crippen molar-refractivity contribution in [2.24, 2.45) is 0 Å². The molecular weight excluding hydrogens is 398 g/mol. The molecule has 4 aromatic rings. The molecule has 0 saturated carbocycles. The fourth-order valence-corrected chi connectivity index (χ4v) is 5.31. The van der Waals surface area contributed by atoms with Gasteiger partial charge in [0.25, 0.3) is 0 Å². The summed E-state index contributed by atoms with van der Waals surface area (Å²) < 4.78 is 30.5. The van der Waals surface area contributed by atoms with Crippen LogP contribution in [-0.2, 0) is 22.9 Å². The molecule has 152 valence electrons. The van der Waals surface area contributed by atoms with Gasteiger partial charge in [-0.2, -0.15) is 0 Å². The molecular formula is C22H21N5O2S. The molecule has 0 aliphatic heterocycles. The van der Waals surface area contributed by atoms with Gasteiger partial charge in [0.05, 0.1) is 4.90 Å². The normalized spacial score (nSPS) is 13.1. The molecule has 2 N–H and O–H groups in total. The maximum atomic E-state index is 12.9. The zero-order valence-electron chi connectivity index (χ0n) is 16.2. The molecule has 0 amide bonds. The third kappa shape index (κ3) is 3.44. The van der Waals surface area contributed by atoms with Crippen LogP contribution in [-0.4, -0.2) is 36.0 Å². The lowest BCUT2D eigenvalue weighted by molar-refractivity contribution is 0.582. The first-order valence-corrected chi connectivity index (χ1v) is 11.3. The molecule has 2 aromatic carbocycles. The van der Waals surface area contributed by atoms with Gasteiger partial charge >= 0.3 is 0 Å². The van der Waals surface area contributed by atoms with Crippen molar-refractivity contribution in [3.63, 3.8) is 0 Å². The van der Waals surface area contributed by atoms with Gasteiger partial charge in [0.1, 0.15) is 18.0 Å². The van der Waals surface area contributed by atoms with Crippen molar-refractivity contribution in [1.82, 2.24) is 19.3 Å². The van der Waals surface area contributed by atoms with E-state index in [-0.39, 0.29) is 6.54 Å². The standard InChI is InChI=1S/C22H21N5O2S/c28-30(29,19-9-7-17-5-3-4-16-6-8-18(19)22(16)17)26-11-10-23-20-14-21(25-15-24-20)27-12-1-2-13-27/h1-5,7,9,12-15,26H,6,8,10-11H2,(H,23,24,25). The average Bonchev–Trinajstić information content (AvgIpc) is 3.44. The van der Waals surface area contributed by atoms with Gasteiger partial charge in [0.15, 0.2) is 0 Å². The SMILES string of the molecule is O=S(=O)(NCCNc1cc(-n2cccc2)ncn1)c1ccc2cccc3c2c1CC3. The van der Waals surface area contributed by atoms with E-state index in [1.807, 2.05) is 53.4 Å². The van der Waals surface area contributed by atoms with E-state index in [0.29, 0.717) is 17.3 Å². The number of rotatable bonds is 7. The summed E-state index contributed by atoms with van der Waals surface area (Å²) in [6.07, 6.45) is 6.93. The summed E-state index contributed by atoms with van der Waals surface area (Å²) in [5.41, 5.74) is 2.15. The molecule has 0 unspecified atom stereocenters. The fourth-order valence-electron chi connectivity index (χ4n) is 4.01. The van der Waals surface area contributed by atoms with Crippen LogP contribution in [0.1, 0.15) is 11.1 Å². The highest BCUT2D eigenvalue weighted by molar-refractivity contribution is 7.89. The number of aromatic nitrogens is 3. The van der Waals surface area contributed by atoms with Crippen molar-refractivity contribution in [2.45, 2.75) is 17.7 Å². The molecule has 1 aliphatic carbocycles. The Morgan fingerprint density at radius 1 is 0.967 bits per heavy atom. The molecule has 0 spiro atoms. The zero-order valence-corrected chi connectivity index (χ0v) is 17.1. The van der Waals surface area contributed by atoms with Crippen molar-refractivity contribution in [2.75, 3.05) is 18.4 Å². The third-order valence-electron chi connectivity index (χ3n) is 5.38.